The first kappa shape index (κ1) is 10.3. The van der Waals surface area contributed by atoms with Crippen molar-refractivity contribution in [3.63, 3.8) is 0 Å². The van der Waals surface area contributed by atoms with Crippen molar-refractivity contribution in [1.82, 2.24) is 24.5 Å². The zero-order valence-electron chi connectivity index (χ0n) is 9.12. The molecule has 2 aromatic rings. The Morgan fingerprint density at radius 3 is 2.75 bits per heavy atom. The van der Waals surface area contributed by atoms with E-state index in [9.17, 15) is 0 Å². The van der Waals surface area contributed by atoms with E-state index in [1.54, 1.807) is 23.3 Å². The fourth-order valence-corrected chi connectivity index (χ4v) is 1.20. The van der Waals surface area contributed by atoms with E-state index in [0.717, 1.165) is 0 Å². The molecule has 0 spiro atoms. The van der Waals surface area contributed by atoms with Crippen LogP contribution in [0.5, 0.6) is 0 Å². The summed E-state index contributed by atoms with van der Waals surface area (Å²) in [6.07, 6.45) is 5.00. The zero-order valence-corrected chi connectivity index (χ0v) is 9.12. The highest BCUT2D eigenvalue weighted by atomic mass is 15.3. The molecule has 0 amide bonds. The van der Waals surface area contributed by atoms with E-state index < -0.39 is 0 Å². The summed E-state index contributed by atoms with van der Waals surface area (Å²) in [7, 11) is 0. The van der Waals surface area contributed by atoms with Crippen molar-refractivity contribution in [2.45, 2.75) is 19.9 Å². The van der Waals surface area contributed by atoms with Crippen LogP contribution in [0.2, 0.25) is 0 Å². The van der Waals surface area contributed by atoms with Crippen molar-refractivity contribution < 1.29 is 0 Å². The first-order valence-corrected chi connectivity index (χ1v) is 4.91. The highest BCUT2D eigenvalue weighted by Gasteiger charge is 2.06. The van der Waals surface area contributed by atoms with Gasteiger partial charge in [0.2, 0.25) is 17.8 Å². The Morgan fingerprint density at radius 2 is 2.12 bits per heavy atom. The molecular formula is C9H13N7. The lowest BCUT2D eigenvalue weighted by atomic mass is 10.4. The van der Waals surface area contributed by atoms with Gasteiger partial charge in [0, 0.05) is 18.4 Å². The predicted molar refractivity (Wildman–Crippen MR) is 60.1 cm³/mol. The molecule has 0 bridgehead atoms. The Bertz CT molecular complexity index is 463. The van der Waals surface area contributed by atoms with Crippen LogP contribution in [0.15, 0.2) is 18.7 Å². The van der Waals surface area contributed by atoms with Crippen molar-refractivity contribution in [2.75, 3.05) is 11.1 Å². The van der Waals surface area contributed by atoms with Crippen LogP contribution in [0.4, 0.5) is 11.9 Å². The number of hydrogen-bond donors (Lipinski definition) is 2. The van der Waals surface area contributed by atoms with Gasteiger partial charge in [0.05, 0.1) is 0 Å². The molecule has 84 valence electrons. The van der Waals surface area contributed by atoms with Crippen molar-refractivity contribution in [3.8, 4) is 5.95 Å². The molecule has 2 rings (SSSR count). The number of rotatable bonds is 3. The molecule has 0 saturated carbocycles. The van der Waals surface area contributed by atoms with Gasteiger partial charge in [-0.25, -0.2) is 4.98 Å². The Kier molecular flexibility index (Phi) is 2.67. The van der Waals surface area contributed by atoms with E-state index in [1.807, 2.05) is 13.8 Å². The minimum Gasteiger partial charge on any atom is -0.368 e. The highest BCUT2D eigenvalue weighted by Crippen LogP contribution is 2.07. The summed E-state index contributed by atoms with van der Waals surface area (Å²) in [5.41, 5.74) is 5.61. The van der Waals surface area contributed by atoms with E-state index in [-0.39, 0.29) is 12.0 Å². The number of imidazole rings is 1. The molecule has 7 heteroatoms. The normalized spacial score (nSPS) is 10.7. The minimum atomic E-state index is 0.182. The van der Waals surface area contributed by atoms with E-state index in [4.69, 9.17) is 5.73 Å². The predicted octanol–water partition coefficient (Wildman–Crippen LogP) is 0.460. The van der Waals surface area contributed by atoms with Gasteiger partial charge < -0.3 is 11.1 Å². The fraction of sp³-hybridized carbons (Fsp3) is 0.333. The van der Waals surface area contributed by atoms with E-state index in [0.29, 0.717) is 11.9 Å². The van der Waals surface area contributed by atoms with Gasteiger partial charge in [0.15, 0.2) is 0 Å². The lowest BCUT2D eigenvalue weighted by molar-refractivity contribution is 0.846. The van der Waals surface area contributed by atoms with Gasteiger partial charge >= 0.3 is 0 Å². The van der Waals surface area contributed by atoms with Gasteiger partial charge in [0.1, 0.15) is 6.33 Å². The van der Waals surface area contributed by atoms with Crippen LogP contribution in [0.1, 0.15) is 13.8 Å². The monoisotopic (exact) mass is 219 g/mol. The fourth-order valence-electron chi connectivity index (χ4n) is 1.20. The second kappa shape index (κ2) is 4.13. The standard InChI is InChI=1S/C9H13N7/c1-6(2)12-8-13-7(10)14-9(15-8)16-4-3-11-5-16/h3-6H,1-2H3,(H3,10,12,13,14,15). The summed E-state index contributed by atoms with van der Waals surface area (Å²) in [5.74, 6) is 1.10. The summed E-state index contributed by atoms with van der Waals surface area (Å²) < 4.78 is 1.67. The van der Waals surface area contributed by atoms with Crippen LogP contribution >= 0.6 is 0 Å². The number of nitrogens with two attached hydrogens (primary N) is 1. The average molecular weight is 219 g/mol. The van der Waals surface area contributed by atoms with Crippen LogP contribution in [0.3, 0.4) is 0 Å². The molecule has 0 aliphatic heterocycles. The molecule has 2 heterocycles. The number of hydrogen-bond acceptors (Lipinski definition) is 6. The van der Waals surface area contributed by atoms with Gasteiger partial charge in [0.25, 0.3) is 0 Å². The Morgan fingerprint density at radius 1 is 1.31 bits per heavy atom. The van der Waals surface area contributed by atoms with Crippen molar-refractivity contribution in [3.05, 3.63) is 18.7 Å². The van der Waals surface area contributed by atoms with E-state index in [1.165, 1.54) is 0 Å². The van der Waals surface area contributed by atoms with Crippen LogP contribution < -0.4 is 11.1 Å². The topological polar surface area (TPSA) is 94.5 Å². The average Bonchev–Trinajstić information content (AvgIpc) is 2.67. The first-order chi connectivity index (χ1) is 7.65. The smallest absolute Gasteiger partial charge is 0.241 e. The first-order valence-electron chi connectivity index (χ1n) is 4.91. The van der Waals surface area contributed by atoms with Gasteiger partial charge in [-0.2, -0.15) is 15.0 Å². The second-order valence-corrected chi connectivity index (χ2v) is 3.59. The Balaban J connectivity index is 2.36. The van der Waals surface area contributed by atoms with Gasteiger partial charge in [-0.3, -0.25) is 4.57 Å². The van der Waals surface area contributed by atoms with Gasteiger partial charge in [-0.05, 0) is 13.8 Å². The number of nitrogens with one attached hydrogen (secondary N) is 1. The molecule has 0 atom stereocenters. The summed E-state index contributed by atoms with van der Waals surface area (Å²) >= 11 is 0. The third-order valence-electron chi connectivity index (χ3n) is 1.79. The third-order valence-corrected chi connectivity index (χ3v) is 1.79. The molecule has 2 aromatic heterocycles. The number of nitrogens with zero attached hydrogens (tertiary/aromatic N) is 5. The van der Waals surface area contributed by atoms with Crippen LogP contribution in [-0.4, -0.2) is 30.5 Å². The minimum absolute atomic E-state index is 0.182. The zero-order chi connectivity index (χ0) is 11.5. The van der Waals surface area contributed by atoms with Crippen molar-refractivity contribution >= 4 is 11.9 Å². The van der Waals surface area contributed by atoms with Crippen LogP contribution in [-0.2, 0) is 0 Å². The summed E-state index contributed by atoms with van der Waals surface area (Å²) in [6.45, 7) is 3.99. The quantitative estimate of drug-likeness (QED) is 0.778. The summed E-state index contributed by atoms with van der Waals surface area (Å²) in [5, 5.41) is 3.07. The molecule has 3 N–H and O–H groups in total. The number of nitrogen functional groups attached to an aromatic ring is 1. The maximum atomic E-state index is 5.61. The number of aromatic nitrogens is 5. The van der Waals surface area contributed by atoms with E-state index >= 15 is 0 Å². The molecule has 0 aliphatic rings. The molecule has 16 heavy (non-hydrogen) atoms. The second-order valence-electron chi connectivity index (χ2n) is 3.59. The number of anilines is 2. The summed E-state index contributed by atoms with van der Waals surface area (Å²) in [4.78, 5) is 16.2. The molecule has 0 saturated heterocycles. The molecule has 0 radical (unpaired) electrons. The maximum Gasteiger partial charge on any atom is 0.241 e. The largest absolute Gasteiger partial charge is 0.368 e. The summed E-state index contributed by atoms with van der Waals surface area (Å²) in [6, 6.07) is 0.234. The molecule has 0 aliphatic carbocycles. The molecule has 0 unspecified atom stereocenters. The molecule has 0 fully saturated rings. The van der Waals surface area contributed by atoms with Gasteiger partial charge in [-0.15, -0.1) is 0 Å². The van der Waals surface area contributed by atoms with Crippen LogP contribution in [0, 0.1) is 0 Å². The van der Waals surface area contributed by atoms with Crippen LogP contribution in [0.25, 0.3) is 5.95 Å². The molecule has 0 aromatic carbocycles. The molecular weight excluding hydrogens is 206 g/mol. The lowest BCUT2D eigenvalue weighted by Crippen LogP contribution is -2.15. The lowest BCUT2D eigenvalue weighted by Gasteiger charge is -2.09. The Hall–Kier alpha value is -2.18. The maximum absolute atomic E-state index is 5.61. The van der Waals surface area contributed by atoms with Crippen molar-refractivity contribution in [2.24, 2.45) is 0 Å². The van der Waals surface area contributed by atoms with Gasteiger partial charge in [-0.1, -0.05) is 0 Å². The molecule has 7 nitrogen and oxygen atoms in total. The highest BCUT2D eigenvalue weighted by molar-refractivity contribution is 5.35. The van der Waals surface area contributed by atoms with E-state index in [2.05, 4.69) is 25.3 Å². The Labute approximate surface area is 92.8 Å². The van der Waals surface area contributed by atoms with Crippen molar-refractivity contribution in [1.29, 1.82) is 0 Å². The third kappa shape index (κ3) is 2.25. The SMILES string of the molecule is CC(C)Nc1nc(N)nc(-n2ccnc2)n1.